The molecule has 1 aromatic carbocycles. The number of carbonyl (C=O) groups is 2. The van der Waals surface area contributed by atoms with Gasteiger partial charge in [-0.15, -0.1) is 11.3 Å². The monoisotopic (exact) mass is 372 g/mol. The van der Waals surface area contributed by atoms with Gasteiger partial charge in [-0.3, -0.25) is 5.32 Å². The van der Waals surface area contributed by atoms with E-state index in [1.54, 1.807) is 6.92 Å². The van der Waals surface area contributed by atoms with Crippen LogP contribution in [0.3, 0.4) is 0 Å². The average molecular weight is 372 g/mol. The first kappa shape index (κ1) is 18.5. The molecule has 1 atom stereocenters. The van der Waals surface area contributed by atoms with E-state index in [0.29, 0.717) is 28.8 Å². The SMILES string of the molecule is CCOC(=O)c1c(NC(=O)Nc2ccc(C)cc2)sc2c1CC[C@@H](C)C2. The molecule has 2 aromatic rings. The molecule has 2 amide bonds. The third-order valence-corrected chi connectivity index (χ3v) is 5.70. The van der Waals surface area contributed by atoms with Crippen LogP contribution in [0, 0.1) is 12.8 Å². The van der Waals surface area contributed by atoms with E-state index in [1.807, 2.05) is 31.2 Å². The number of hydrogen-bond donors (Lipinski definition) is 2. The van der Waals surface area contributed by atoms with Crippen molar-refractivity contribution in [1.82, 2.24) is 0 Å². The van der Waals surface area contributed by atoms with Gasteiger partial charge in [-0.1, -0.05) is 24.6 Å². The predicted octanol–water partition coefficient (Wildman–Crippen LogP) is 5.00. The van der Waals surface area contributed by atoms with Gasteiger partial charge in [-0.2, -0.15) is 0 Å². The fourth-order valence-electron chi connectivity index (χ4n) is 3.16. The third-order valence-electron chi connectivity index (χ3n) is 4.53. The molecular formula is C20H24N2O3S. The first-order valence-corrected chi connectivity index (χ1v) is 9.76. The van der Waals surface area contributed by atoms with E-state index < -0.39 is 0 Å². The normalized spacial score (nSPS) is 15.9. The number of amides is 2. The van der Waals surface area contributed by atoms with Crippen LogP contribution in [0.1, 0.15) is 46.6 Å². The fraction of sp³-hybridized carbons (Fsp3) is 0.400. The van der Waals surface area contributed by atoms with Crippen LogP contribution in [-0.2, 0) is 17.6 Å². The summed E-state index contributed by atoms with van der Waals surface area (Å²) in [6.07, 6.45) is 2.83. The number of fused-ring (bicyclic) bond motifs is 1. The van der Waals surface area contributed by atoms with Crippen molar-refractivity contribution in [2.24, 2.45) is 5.92 Å². The van der Waals surface area contributed by atoms with E-state index in [9.17, 15) is 9.59 Å². The van der Waals surface area contributed by atoms with Crippen molar-refractivity contribution in [2.45, 2.75) is 40.0 Å². The summed E-state index contributed by atoms with van der Waals surface area (Å²) in [7, 11) is 0. The number of urea groups is 1. The summed E-state index contributed by atoms with van der Waals surface area (Å²) < 4.78 is 5.23. The second-order valence-corrected chi connectivity index (χ2v) is 7.83. The lowest BCUT2D eigenvalue weighted by atomic mass is 9.88. The summed E-state index contributed by atoms with van der Waals surface area (Å²) in [6, 6.07) is 7.21. The summed E-state index contributed by atoms with van der Waals surface area (Å²) in [5.74, 6) is 0.232. The van der Waals surface area contributed by atoms with Gasteiger partial charge in [0.25, 0.3) is 0 Å². The van der Waals surface area contributed by atoms with Crippen molar-refractivity contribution in [1.29, 1.82) is 0 Å². The lowest BCUT2D eigenvalue weighted by Crippen LogP contribution is -2.21. The quantitative estimate of drug-likeness (QED) is 0.742. The number of esters is 1. The molecule has 0 aliphatic heterocycles. The molecule has 2 N–H and O–H groups in total. The Morgan fingerprint density at radius 2 is 1.96 bits per heavy atom. The fourth-order valence-corrected chi connectivity index (χ4v) is 4.55. The summed E-state index contributed by atoms with van der Waals surface area (Å²) in [4.78, 5) is 26.1. The van der Waals surface area contributed by atoms with Crippen molar-refractivity contribution < 1.29 is 14.3 Å². The van der Waals surface area contributed by atoms with Crippen LogP contribution in [0.4, 0.5) is 15.5 Å². The third kappa shape index (κ3) is 4.07. The molecule has 0 saturated carbocycles. The Bertz CT molecular complexity index is 811. The predicted molar refractivity (Wildman–Crippen MR) is 105 cm³/mol. The van der Waals surface area contributed by atoms with Crippen LogP contribution in [0.15, 0.2) is 24.3 Å². The Morgan fingerprint density at radius 3 is 2.65 bits per heavy atom. The Kier molecular flexibility index (Phi) is 5.61. The average Bonchev–Trinajstić information content (AvgIpc) is 2.93. The van der Waals surface area contributed by atoms with E-state index in [1.165, 1.54) is 16.2 Å². The van der Waals surface area contributed by atoms with Crippen molar-refractivity contribution in [3.63, 3.8) is 0 Å². The zero-order valence-corrected chi connectivity index (χ0v) is 16.2. The molecule has 0 fully saturated rings. The van der Waals surface area contributed by atoms with Gasteiger partial charge < -0.3 is 10.1 Å². The summed E-state index contributed by atoms with van der Waals surface area (Å²) in [5.41, 5.74) is 3.40. The van der Waals surface area contributed by atoms with Gasteiger partial charge in [0.15, 0.2) is 0 Å². The number of aryl methyl sites for hydroxylation is 1. The van der Waals surface area contributed by atoms with Gasteiger partial charge in [0.05, 0.1) is 12.2 Å². The number of carbonyl (C=O) groups excluding carboxylic acids is 2. The van der Waals surface area contributed by atoms with Gasteiger partial charge in [0.2, 0.25) is 0 Å². The smallest absolute Gasteiger partial charge is 0.341 e. The number of rotatable bonds is 4. The second-order valence-electron chi connectivity index (χ2n) is 6.72. The maximum atomic E-state index is 12.5. The molecule has 1 aliphatic carbocycles. The Labute approximate surface area is 157 Å². The number of benzene rings is 1. The summed E-state index contributed by atoms with van der Waals surface area (Å²) in [5, 5.41) is 6.24. The molecule has 6 heteroatoms. The van der Waals surface area contributed by atoms with E-state index in [2.05, 4.69) is 17.6 Å². The zero-order valence-electron chi connectivity index (χ0n) is 15.3. The topological polar surface area (TPSA) is 67.4 Å². The van der Waals surface area contributed by atoms with Gasteiger partial charge in [0.1, 0.15) is 5.00 Å². The highest BCUT2D eigenvalue weighted by Gasteiger charge is 2.29. The molecule has 0 spiro atoms. The molecule has 0 radical (unpaired) electrons. The van der Waals surface area contributed by atoms with Gasteiger partial charge in [-0.05, 0) is 56.7 Å². The highest BCUT2D eigenvalue weighted by atomic mass is 32.1. The molecule has 0 bridgehead atoms. The minimum absolute atomic E-state index is 0.314. The molecular weight excluding hydrogens is 348 g/mol. The number of anilines is 2. The maximum absolute atomic E-state index is 12.5. The summed E-state index contributed by atoms with van der Waals surface area (Å²) in [6.45, 7) is 6.31. The number of ether oxygens (including phenoxy) is 1. The number of nitrogens with one attached hydrogen (secondary N) is 2. The Hall–Kier alpha value is -2.34. The molecule has 0 saturated heterocycles. The highest BCUT2D eigenvalue weighted by molar-refractivity contribution is 7.17. The van der Waals surface area contributed by atoms with E-state index in [-0.39, 0.29) is 12.0 Å². The Balaban J connectivity index is 1.82. The van der Waals surface area contributed by atoms with Crippen LogP contribution in [-0.4, -0.2) is 18.6 Å². The van der Waals surface area contributed by atoms with Crippen molar-refractivity contribution in [3.8, 4) is 0 Å². The van der Waals surface area contributed by atoms with E-state index in [0.717, 1.165) is 30.4 Å². The van der Waals surface area contributed by atoms with E-state index in [4.69, 9.17) is 4.74 Å². The lowest BCUT2D eigenvalue weighted by Gasteiger charge is -2.18. The summed E-state index contributed by atoms with van der Waals surface area (Å²) >= 11 is 1.49. The molecule has 26 heavy (non-hydrogen) atoms. The standard InChI is InChI=1S/C20H24N2O3S/c1-4-25-19(23)17-15-10-7-13(3)11-16(15)26-18(17)22-20(24)21-14-8-5-12(2)6-9-14/h5-6,8-9,13H,4,7,10-11H2,1-3H3,(H2,21,22,24)/t13-/m1/s1. The van der Waals surface area contributed by atoms with Crippen LogP contribution in [0.5, 0.6) is 0 Å². The number of thiophene rings is 1. The molecule has 1 heterocycles. The first-order chi connectivity index (χ1) is 12.5. The molecule has 3 rings (SSSR count). The first-order valence-electron chi connectivity index (χ1n) is 8.94. The van der Waals surface area contributed by atoms with Gasteiger partial charge in [-0.25, -0.2) is 9.59 Å². The molecule has 1 aromatic heterocycles. The number of hydrogen-bond acceptors (Lipinski definition) is 4. The van der Waals surface area contributed by atoms with Crippen LogP contribution < -0.4 is 10.6 Å². The molecule has 138 valence electrons. The maximum Gasteiger partial charge on any atom is 0.341 e. The van der Waals surface area contributed by atoms with Crippen molar-refractivity contribution in [2.75, 3.05) is 17.2 Å². The molecule has 0 unspecified atom stereocenters. The second kappa shape index (κ2) is 7.91. The van der Waals surface area contributed by atoms with Crippen molar-refractivity contribution >= 4 is 34.0 Å². The Morgan fingerprint density at radius 1 is 1.23 bits per heavy atom. The zero-order chi connectivity index (χ0) is 18.7. The van der Waals surface area contributed by atoms with Gasteiger partial charge >= 0.3 is 12.0 Å². The molecule has 1 aliphatic rings. The van der Waals surface area contributed by atoms with Crippen LogP contribution in [0.2, 0.25) is 0 Å². The lowest BCUT2D eigenvalue weighted by molar-refractivity contribution is 0.0526. The largest absolute Gasteiger partial charge is 0.462 e. The van der Waals surface area contributed by atoms with Gasteiger partial charge in [0, 0.05) is 10.6 Å². The minimum Gasteiger partial charge on any atom is -0.462 e. The highest BCUT2D eigenvalue weighted by Crippen LogP contribution is 2.40. The van der Waals surface area contributed by atoms with Crippen LogP contribution >= 0.6 is 11.3 Å². The minimum atomic E-state index is -0.356. The molecule has 5 nitrogen and oxygen atoms in total. The van der Waals surface area contributed by atoms with Crippen molar-refractivity contribution in [3.05, 3.63) is 45.8 Å². The van der Waals surface area contributed by atoms with Crippen LogP contribution in [0.25, 0.3) is 0 Å². The van der Waals surface area contributed by atoms with E-state index >= 15 is 0 Å².